The topological polar surface area (TPSA) is 61.6 Å². The minimum Gasteiger partial charge on any atom is -0.359 e. The minimum atomic E-state index is -3.17. The third-order valence-corrected chi connectivity index (χ3v) is 4.31. The van der Waals surface area contributed by atoms with Crippen LogP contribution in [0.5, 0.6) is 0 Å². The Bertz CT molecular complexity index is 383. The van der Waals surface area contributed by atoms with E-state index in [1.165, 1.54) is 0 Å². The van der Waals surface area contributed by atoms with Gasteiger partial charge < -0.3 is 13.6 Å². The summed E-state index contributed by atoms with van der Waals surface area (Å²) in [6.07, 6.45) is 0.00829. The van der Waals surface area contributed by atoms with Crippen LogP contribution in [-0.2, 0) is 19.8 Å². The number of halogens is 1. The van der Waals surface area contributed by atoms with Crippen molar-refractivity contribution >= 4 is 19.2 Å². The van der Waals surface area contributed by atoms with Gasteiger partial charge in [0.25, 0.3) is 0 Å². The fraction of sp³-hybridized carbons (Fsp3) is 0.667. The Kier molecular flexibility index (Phi) is 4.99. The summed E-state index contributed by atoms with van der Waals surface area (Å²) in [5.41, 5.74) is 0.566. The highest BCUT2D eigenvalue weighted by molar-refractivity contribution is 7.53. The van der Waals surface area contributed by atoms with Crippen molar-refractivity contribution in [3.63, 3.8) is 0 Å². The van der Waals surface area contributed by atoms with Crippen molar-refractivity contribution < 1.29 is 18.1 Å². The molecule has 0 N–H and O–H groups in total. The Morgan fingerprint density at radius 3 is 2.31 bits per heavy atom. The normalized spacial score (nSPS) is 12.0. The van der Waals surface area contributed by atoms with E-state index in [0.29, 0.717) is 29.7 Å². The highest BCUT2D eigenvalue weighted by Gasteiger charge is 2.28. The van der Waals surface area contributed by atoms with Gasteiger partial charge in [-0.15, -0.1) is 0 Å². The molecule has 0 fully saturated rings. The molecule has 7 heteroatoms. The summed E-state index contributed by atoms with van der Waals surface area (Å²) in [6, 6.07) is 0. The van der Waals surface area contributed by atoms with Gasteiger partial charge >= 0.3 is 7.60 Å². The number of hydrogen-bond acceptors (Lipinski definition) is 5. The van der Waals surface area contributed by atoms with Gasteiger partial charge in [0, 0.05) is 0 Å². The van der Waals surface area contributed by atoms with Gasteiger partial charge in [0.2, 0.25) is 0 Å². The first-order valence-electron chi connectivity index (χ1n) is 5.01. The standard InChI is InChI=1S/C9H15ClNO4P/c1-4-13-16(12,14-5-2)6-8-9(10)7(3)11-15-8/h4-6H2,1-3H3. The summed E-state index contributed by atoms with van der Waals surface area (Å²) in [6.45, 7) is 5.82. The zero-order valence-corrected chi connectivity index (χ0v) is 11.2. The van der Waals surface area contributed by atoms with Crippen LogP contribution in [0.1, 0.15) is 25.3 Å². The molecule has 16 heavy (non-hydrogen) atoms. The van der Waals surface area contributed by atoms with Gasteiger partial charge in [-0.2, -0.15) is 0 Å². The first kappa shape index (κ1) is 13.7. The second-order valence-electron chi connectivity index (χ2n) is 3.11. The Hall–Kier alpha value is -0.350. The molecule has 1 rings (SSSR count). The molecule has 0 atom stereocenters. The zero-order valence-electron chi connectivity index (χ0n) is 9.53. The molecular formula is C9H15ClNO4P. The van der Waals surface area contributed by atoms with Crippen molar-refractivity contribution in [2.75, 3.05) is 13.2 Å². The second kappa shape index (κ2) is 5.82. The lowest BCUT2D eigenvalue weighted by atomic mass is 10.4. The molecule has 0 aromatic carbocycles. The molecule has 0 radical (unpaired) electrons. The minimum absolute atomic E-state index is 0.00829. The summed E-state index contributed by atoms with van der Waals surface area (Å²) in [5, 5.41) is 4.06. The van der Waals surface area contributed by atoms with E-state index in [1.807, 2.05) is 0 Å². The van der Waals surface area contributed by atoms with E-state index in [1.54, 1.807) is 20.8 Å². The van der Waals surface area contributed by atoms with E-state index < -0.39 is 7.60 Å². The summed E-state index contributed by atoms with van der Waals surface area (Å²) in [7, 11) is -3.17. The quantitative estimate of drug-likeness (QED) is 0.739. The van der Waals surface area contributed by atoms with Gasteiger partial charge in [-0.3, -0.25) is 4.57 Å². The number of hydrogen-bond donors (Lipinski definition) is 0. The Morgan fingerprint density at radius 2 is 1.94 bits per heavy atom. The van der Waals surface area contributed by atoms with E-state index >= 15 is 0 Å². The van der Waals surface area contributed by atoms with Crippen molar-refractivity contribution in [3.8, 4) is 0 Å². The van der Waals surface area contributed by atoms with E-state index in [2.05, 4.69) is 5.16 Å². The maximum absolute atomic E-state index is 12.2. The van der Waals surface area contributed by atoms with Gasteiger partial charge in [0.1, 0.15) is 11.2 Å². The highest BCUT2D eigenvalue weighted by atomic mass is 35.5. The van der Waals surface area contributed by atoms with E-state index in [4.69, 9.17) is 25.2 Å². The second-order valence-corrected chi connectivity index (χ2v) is 5.54. The molecule has 1 heterocycles. The van der Waals surface area contributed by atoms with Crippen molar-refractivity contribution in [3.05, 3.63) is 16.5 Å². The van der Waals surface area contributed by atoms with Crippen molar-refractivity contribution in [1.29, 1.82) is 0 Å². The van der Waals surface area contributed by atoms with Gasteiger partial charge in [-0.25, -0.2) is 0 Å². The van der Waals surface area contributed by atoms with Gasteiger partial charge in [0.15, 0.2) is 5.76 Å². The predicted molar refractivity (Wildman–Crippen MR) is 60.8 cm³/mol. The van der Waals surface area contributed by atoms with Gasteiger partial charge in [0.05, 0.1) is 18.9 Å². The molecule has 5 nitrogen and oxygen atoms in total. The third kappa shape index (κ3) is 3.32. The number of aryl methyl sites for hydroxylation is 1. The molecule has 92 valence electrons. The SMILES string of the molecule is CCOP(=O)(Cc1onc(C)c1Cl)OCC. The lowest BCUT2D eigenvalue weighted by Crippen LogP contribution is -1.98. The molecule has 0 aliphatic carbocycles. The number of rotatable bonds is 6. The Labute approximate surface area is 99.6 Å². The van der Waals surface area contributed by atoms with Gasteiger partial charge in [-0.05, 0) is 20.8 Å². The van der Waals surface area contributed by atoms with Crippen LogP contribution in [0.15, 0.2) is 4.52 Å². The van der Waals surface area contributed by atoms with Crippen molar-refractivity contribution in [1.82, 2.24) is 5.16 Å². The van der Waals surface area contributed by atoms with Crippen LogP contribution in [0.25, 0.3) is 0 Å². The average Bonchev–Trinajstić information content (AvgIpc) is 2.50. The fourth-order valence-electron chi connectivity index (χ4n) is 1.20. The lowest BCUT2D eigenvalue weighted by Gasteiger charge is -2.15. The molecule has 0 aliphatic rings. The predicted octanol–water partition coefficient (Wildman–Crippen LogP) is 3.40. The molecule has 0 saturated heterocycles. The van der Waals surface area contributed by atoms with Crippen molar-refractivity contribution in [2.24, 2.45) is 0 Å². The molecule has 0 bridgehead atoms. The molecule has 1 aromatic rings. The molecule has 1 aromatic heterocycles. The lowest BCUT2D eigenvalue weighted by molar-refractivity contribution is 0.216. The molecule has 0 amide bonds. The fourth-order valence-corrected chi connectivity index (χ4v) is 3.04. The van der Waals surface area contributed by atoms with E-state index in [9.17, 15) is 4.57 Å². The summed E-state index contributed by atoms with van der Waals surface area (Å²) in [5.74, 6) is 0.337. The van der Waals surface area contributed by atoms with Crippen LogP contribution in [0.4, 0.5) is 0 Å². The van der Waals surface area contributed by atoms with Crippen LogP contribution in [0.2, 0.25) is 5.02 Å². The largest absolute Gasteiger partial charge is 0.359 e. The summed E-state index contributed by atoms with van der Waals surface area (Å²) in [4.78, 5) is 0. The molecule has 0 saturated carbocycles. The first-order chi connectivity index (χ1) is 7.52. The van der Waals surface area contributed by atoms with Crippen LogP contribution < -0.4 is 0 Å². The molecule has 0 spiro atoms. The van der Waals surface area contributed by atoms with E-state index in [0.717, 1.165) is 0 Å². The molecular weight excluding hydrogens is 253 g/mol. The average molecular weight is 268 g/mol. The monoisotopic (exact) mass is 267 g/mol. The summed E-state index contributed by atoms with van der Waals surface area (Å²) < 4.78 is 27.4. The maximum atomic E-state index is 12.2. The van der Waals surface area contributed by atoms with Crippen LogP contribution in [0.3, 0.4) is 0 Å². The smallest absolute Gasteiger partial charge is 0.338 e. The zero-order chi connectivity index (χ0) is 12.2. The van der Waals surface area contributed by atoms with Crippen LogP contribution in [-0.4, -0.2) is 18.4 Å². The highest BCUT2D eigenvalue weighted by Crippen LogP contribution is 2.52. The Morgan fingerprint density at radius 1 is 1.38 bits per heavy atom. The number of aromatic nitrogens is 1. The van der Waals surface area contributed by atoms with Crippen molar-refractivity contribution in [2.45, 2.75) is 26.9 Å². The van der Waals surface area contributed by atoms with Crippen LogP contribution >= 0.6 is 19.2 Å². The molecule has 0 aliphatic heterocycles. The van der Waals surface area contributed by atoms with Crippen LogP contribution in [0, 0.1) is 6.92 Å². The first-order valence-corrected chi connectivity index (χ1v) is 7.11. The number of nitrogens with zero attached hydrogens (tertiary/aromatic N) is 1. The summed E-state index contributed by atoms with van der Waals surface area (Å²) >= 11 is 5.93. The molecule has 0 unspecified atom stereocenters. The van der Waals surface area contributed by atoms with E-state index in [-0.39, 0.29) is 6.16 Å². The third-order valence-electron chi connectivity index (χ3n) is 1.84. The van der Waals surface area contributed by atoms with Gasteiger partial charge in [-0.1, -0.05) is 16.8 Å². The maximum Gasteiger partial charge on any atom is 0.338 e. The Balaban J connectivity index is 2.83.